The van der Waals surface area contributed by atoms with E-state index in [1.807, 2.05) is 44.2 Å². The van der Waals surface area contributed by atoms with Crippen LogP contribution in [0.1, 0.15) is 35.7 Å². The summed E-state index contributed by atoms with van der Waals surface area (Å²) < 4.78 is 11.1. The molecule has 1 saturated heterocycles. The molecule has 2 unspecified atom stereocenters. The monoisotopic (exact) mass is 383 g/mol. The fourth-order valence-electron chi connectivity index (χ4n) is 3.59. The van der Waals surface area contributed by atoms with Crippen molar-refractivity contribution < 1.29 is 24.2 Å². The summed E-state index contributed by atoms with van der Waals surface area (Å²) in [5.74, 6) is -0.902. The van der Waals surface area contributed by atoms with Crippen LogP contribution >= 0.6 is 0 Å². The van der Waals surface area contributed by atoms with Crippen LogP contribution in [0.5, 0.6) is 11.5 Å². The van der Waals surface area contributed by atoms with Crippen LogP contribution in [0.2, 0.25) is 0 Å². The zero-order valence-corrected chi connectivity index (χ0v) is 16.3. The number of ether oxygens (including phenoxy) is 2. The Morgan fingerprint density at radius 2 is 1.79 bits per heavy atom. The van der Waals surface area contributed by atoms with E-state index in [4.69, 9.17) is 9.47 Å². The van der Waals surface area contributed by atoms with Crippen LogP contribution in [0.3, 0.4) is 0 Å². The van der Waals surface area contributed by atoms with Gasteiger partial charge in [-0.25, -0.2) is 0 Å². The second-order valence-corrected chi connectivity index (χ2v) is 7.20. The van der Waals surface area contributed by atoms with Crippen molar-refractivity contribution in [2.24, 2.45) is 5.92 Å². The summed E-state index contributed by atoms with van der Waals surface area (Å²) in [6.07, 6.45) is -0.0167. The van der Waals surface area contributed by atoms with Crippen LogP contribution in [0.15, 0.2) is 48.5 Å². The lowest BCUT2D eigenvalue weighted by Crippen LogP contribution is -2.30. The number of amides is 1. The maximum absolute atomic E-state index is 13.0. The van der Waals surface area contributed by atoms with Gasteiger partial charge in [-0.15, -0.1) is 0 Å². The van der Waals surface area contributed by atoms with Gasteiger partial charge < -0.3 is 19.5 Å². The molecule has 0 aromatic heterocycles. The van der Waals surface area contributed by atoms with E-state index in [2.05, 4.69) is 0 Å². The van der Waals surface area contributed by atoms with Crippen molar-refractivity contribution in [3.05, 3.63) is 59.7 Å². The van der Waals surface area contributed by atoms with Crippen LogP contribution in [-0.4, -0.2) is 48.2 Å². The number of hydrogen-bond donors (Lipinski definition) is 1. The number of hydrogen-bond acceptors (Lipinski definition) is 4. The molecule has 1 aliphatic heterocycles. The largest absolute Gasteiger partial charge is 0.493 e. The van der Waals surface area contributed by atoms with Gasteiger partial charge in [-0.3, -0.25) is 9.59 Å². The van der Waals surface area contributed by atoms with E-state index in [0.29, 0.717) is 23.6 Å². The number of nitrogens with zero attached hydrogens (tertiary/aromatic N) is 1. The third kappa shape index (κ3) is 4.11. The first-order chi connectivity index (χ1) is 13.4. The number of methoxy groups -OCH3 is 1. The SMILES string of the molecule is COc1cc(C(=O)N2CC(C(=O)O)C(c3ccccc3)C2)ccc1OC(C)C. The standard InChI is InChI=1S/C22H25NO5/c1-14(2)28-19-10-9-16(11-20(19)27-3)21(24)23-12-17(18(13-23)22(25)26)15-7-5-4-6-8-15/h4-11,14,17-18H,12-13H2,1-3H3,(H,25,26). The highest BCUT2D eigenvalue weighted by Gasteiger charge is 2.40. The van der Waals surface area contributed by atoms with Gasteiger partial charge in [0.2, 0.25) is 0 Å². The predicted molar refractivity (Wildman–Crippen MR) is 105 cm³/mol. The van der Waals surface area contributed by atoms with Crippen LogP contribution in [0.4, 0.5) is 0 Å². The summed E-state index contributed by atoms with van der Waals surface area (Å²) in [6.45, 7) is 4.38. The van der Waals surface area contributed by atoms with Crippen molar-refractivity contribution in [2.45, 2.75) is 25.9 Å². The lowest BCUT2D eigenvalue weighted by molar-refractivity contribution is -0.141. The lowest BCUT2D eigenvalue weighted by atomic mass is 9.89. The number of carbonyl (C=O) groups is 2. The molecule has 0 saturated carbocycles. The predicted octanol–water partition coefficient (Wildman–Crippen LogP) is 3.42. The molecule has 1 fully saturated rings. The van der Waals surface area contributed by atoms with Crippen LogP contribution in [-0.2, 0) is 4.79 Å². The van der Waals surface area contributed by atoms with Crippen molar-refractivity contribution >= 4 is 11.9 Å². The third-order valence-electron chi connectivity index (χ3n) is 4.93. The van der Waals surface area contributed by atoms with E-state index in [0.717, 1.165) is 5.56 Å². The summed E-state index contributed by atoms with van der Waals surface area (Å²) in [5, 5.41) is 9.64. The first-order valence-corrected chi connectivity index (χ1v) is 9.32. The zero-order valence-electron chi connectivity index (χ0n) is 16.3. The van der Waals surface area contributed by atoms with Gasteiger partial charge in [-0.2, -0.15) is 0 Å². The van der Waals surface area contributed by atoms with E-state index in [-0.39, 0.29) is 24.5 Å². The third-order valence-corrected chi connectivity index (χ3v) is 4.93. The minimum absolute atomic E-state index is 0.0167. The fourth-order valence-corrected chi connectivity index (χ4v) is 3.59. The normalized spacial score (nSPS) is 18.9. The summed E-state index contributed by atoms with van der Waals surface area (Å²) in [6, 6.07) is 14.5. The molecule has 0 spiro atoms. The number of carbonyl (C=O) groups excluding carboxylic acids is 1. The van der Waals surface area contributed by atoms with Crippen molar-refractivity contribution in [2.75, 3.05) is 20.2 Å². The average molecular weight is 383 g/mol. The molecule has 1 amide bonds. The number of likely N-dealkylation sites (tertiary alicyclic amines) is 1. The quantitative estimate of drug-likeness (QED) is 0.827. The molecule has 6 heteroatoms. The maximum Gasteiger partial charge on any atom is 0.308 e. The summed E-state index contributed by atoms with van der Waals surface area (Å²) in [5.41, 5.74) is 1.38. The van der Waals surface area contributed by atoms with Gasteiger partial charge in [0.1, 0.15) is 0 Å². The molecular formula is C22H25NO5. The van der Waals surface area contributed by atoms with E-state index >= 15 is 0 Å². The number of rotatable bonds is 6. The van der Waals surface area contributed by atoms with Crippen molar-refractivity contribution in [1.82, 2.24) is 4.90 Å². The average Bonchev–Trinajstić information content (AvgIpc) is 3.14. The molecule has 3 rings (SSSR count). The summed E-state index contributed by atoms with van der Waals surface area (Å²) >= 11 is 0. The molecule has 0 bridgehead atoms. The van der Waals surface area contributed by atoms with E-state index in [1.165, 1.54) is 7.11 Å². The molecular weight excluding hydrogens is 358 g/mol. The minimum atomic E-state index is -0.887. The molecule has 2 aromatic carbocycles. The Kier molecular flexibility index (Phi) is 5.87. The topological polar surface area (TPSA) is 76.1 Å². The Labute approximate surface area is 164 Å². The number of carboxylic acid groups (broad SMARTS) is 1. The zero-order chi connectivity index (χ0) is 20.3. The van der Waals surface area contributed by atoms with Gasteiger partial charge >= 0.3 is 5.97 Å². The van der Waals surface area contributed by atoms with Crippen LogP contribution < -0.4 is 9.47 Å². The molecule has 1 N–H and O–H groups in total. The highest BCUT2D eigenvalue weighted by Crippen LogP contribution is 2.35. The lowest BCUT2D eigenvalue weighted by Gasteiger charge is -2.18. The van der Waals surface area contributed by atoms with Crippen molar-refractivity contribution in [3.8, 4) is 11.5 Å². The summed E-state index contributed by atoms with van der Waals surface area (Å²) in [4.78, 5) is 26.4. The van der Waals surface area contributed by atoms with Gasteiger partial charge in [0.25, 0.3) is 5.91 Å². The van der Waals surface area contributed by atoms with Gasteiger partial charge in [0.05, 0.1) is 19.1 Å². The first-order valence-electron chi connectivity index (χ1n) is 9.32. The first kappa shape index (κ1) is 19.7. The molecule has 2 aromatic rings. The van der Waals surface area contributed by atoms with Gasteiger partial charge in [-0.05, 0) is 37.6 Å². The number of benzene rings is 2. The highest BCUT2D eigenvalue weighted by atomic mass is 16.5. The molecule has 2 atom stereocenters. The minimum Gasteiger partial charge on any atom is -0.493 e. The molecule has 0 aliphatic carbocycles. The Morgan fingerprint density at radius 3 is 2.39 bits per heavy atom. The number of carboxylic acids is 1. The van der Waals surface area contributed by atoms with Crippen molar-refractivity contribution in [3.63, 3.8) is 0 Å². The Balaban J connectivity index is 1.83. The maximum atomic E-state index is 13.0. The molecule has 148 valence electrons. The molecule has 6 nitrogen and oxygen atoms in total. The molecule has 1 aliphatic rings. The van der Waals surface area contributed by atoms with Gasteiger partial charge in [0, 0.05) is 24.6 Å². The van der Waals surface area contributed by atoms with Crippen LogP contribution in [0.25, 0.3) is 0 Å². The van der Waals surface area contributed by atoms with E-state index < -0.39 is 11.9 Å². The molecule has 0 radical (unpaired) electrons. The smallest absolute Gasteiger partial charge is 0.308 e. The van der Waals surface area contributed by atoms with Crippen molar-refractivity contribution in [1.29, 1.82) is 0 Å². The number of aliphatic carboxylic acids is 1. The Hall–Kier alpha value is -3.02. The van der Waals surface area contributed by atoms with Gasteiger partial charge in [-0.1, -0.05) is 30.3 Å². The van der Waals surface area contributed by atoms with Crippen LogP contribution in [0, 0.1) is 5.92 Å². The Morgan fingerprint density at radius 1 is 1.07 bits per heavy atom. The fraction of sp³-hybridized carbons (Fsp3) is 0.364. The molecule has 28 heavy (non-hydrogen) atoms. The van der Waals surface area contributed by atoms with E-state index in [1.54, 1.807) is 23.1 Å². The molecule has 1 heterocycles. The summed E-state index contributed by atoms with van der Waals surface area (Å²) in [7, 11) is 1.53. The second kappa shape index (κ2) is 8.33. The Bertz CT molecular complexity index is 849. The van der Waals surface area contributed by atoms with E-state index in [9.17, 15) is 14.7 Å². The highest BCUT2D eigenvalue weighted by molar-refractivity contribution is 5.95. The second-order valence-electron chi connectivity index (χ2n) is 7.20. The van der Waals surface area contributed by atoms with Gasteiger partial charge in [0.15, 0.2) is 11.5 Å².